The molecule has 28 heavy (non-hydrogen) atoms. The van der Waals surface area contributed by atoms with E-state index < -0.39 is 12.0 Å². The van der Waals surface area contributed by atoms with E-state index in [1.54, 1.807) is 22.7 Å². The smallest absolute Gasteiger partial charge is 0.326 e. The maximum atomic E-state index is 12.1. The molecule has 0 radical (unpaired) electrons. The fraction of sp³-hybridized carbons (Fsp3) is 0.238. The first kappa shape index (κ1) is 19.8. The van der Waals surface area contributed by atoms with Crippen LogP contribution in [0.3, 0.4) is 0 Å². The van der Waals surface area contributed by atoms with Crippen LogP contribution < -0.4 is 9.64 Å². The van der Waals surface area contributed by atoms with Crippen molar-refractivity contribution in [2.24, 2.45) is 0 Å². The van der Waals surface area contributed by atoms with Gasteiger partial charge in [-0.15, -0.1) is 0 Å². The Kier molecular flexibility index (Phi) is 6.60. The van der Waals surface area contributed by atoms with Gasteiger partial charge in [0.25, 0.3) is 0 Å². The number of carboxylic acid groups (broad SMARTS) is 1. The monoisotopic (exact) mass is 397 g/mol. The number of aromatic nitrogens is 2. The van der Waals surface area contributed by atoms with Crippen molar-refractivity contribution in [3.8, 4) is 5.75 Å². The number of fused-ring (bicyclic) bond motifs is 1. The lowest BCUT2D eigenvalue weighted by atomic mass is 10.1. The van der Waals surface area contributed by atoms with Crippen LogP contribution in [-0.2, 0) is 4.79 Å². The normalized spacial score (nSPS) is 11.9. The van der Waals surface area contributed by atoms with Gasteiger partial charge in [0.2, 0.25) is 5.95 Å². The maximum Gasteiger partial charge on any atom is 0.326 e. The summed E-state index contributed by atoms with van der Waals surface area (Å²) in [4.78, 5) is 21.8. The van der Waals surface area contributed by atoms with Crippen LogP contribution in [-0.4, -0.2) is 45.7 Å². The number of nitrogens with one attached hydrogen (secondary N) is 1. The quantitative estimate of drug-likeness (QED) is 0.492. The number of hydrogen-bond acceptors (Lipinski definition) is 5. The largest absolute Gasteiger partial charge is 0.489 e. The number of carbonyl (C=O) groups is 1. The number of aromatic amines is 1. The zero-order valence-electron chi connectivity index (χ0n) is 15.7. The van der Waals surface area contributed by atoms with Crippen molar-refractivity contribution in [1.29, 1.82) is 0 Å². The van der Waals surface area contributed by atoms with Gasteiger partial charge in [-0.05, 0) is 42.7 Å². The lowest BCUT2D eigenvalue weighted by Crippen LogP contribution is -2.39. The third kappa shape index (κ3) is 4.48. The number of benzene rings is 2. The molecular formula is C21H23N3O3S. The summed E-state index contributed by atoms with van der Waals surface area (Å²) in [5.74, 6) is 0.968. The number of rotatable bonds is 10. The summed E-state index contributed by atoms with van der Waals surface area (Å²) in [6.45, 7) is 4.04. The maximum absolute atomic E-state index is 12.1. The highest BCUT2D eigenvalue weighted by Gasteiger charge is 2.29. The van der Waals surface area contributed by atoms with Gasteiger partial charge in [-0.3, -0.25) is 4.90 Å². The summed E-state index contributed by atoms with van der Waals surface area (Å²) >= 11 is 1.62. The summed E-state index contributed by atoms with van der Waals surface area (Å²) in [7, 11) is 0. The Hall–Kier alpha value is -2.93. The van der Waals surface area contributed by atoms with E-state index in [1.807, 2.05) is 54.8 Å². The second-order valence-corrected chi connectivity index (χ2v) is 7.17. The number of nitrogens with zero attached hydrogens (tertiary/aromatic N) is 2. The Bertz CT molecular complexity index is 924. The van der Waals surface area contributed by atoms with Crippen molar-refractivity contribution in [2.45, 2.75) is 12.5 Å². The van der Waals surface area contributed by atoms with Crippen LogP contribution in [0.2, 0.25) is 0 Å². The molecule has 0 aliphatic rings. The molecule has 2 aromatic carbocycles. The number of thioether (sulfide) groups is 1. The highest BCUT2D eigenvalue weighted by molar-refractivity contribution is 7.98. The van der Waals surface area contributed by atoms with Crippen LogP contribution >= 0.6 is 11.8 Å². The number of carboxylic acids is 1. The van der Waals surface area contributed by atoms with E-state index in [9.17, 15) is 9.90 Å². The van der Waals surface area contributed by atoms with Crippen LogP contribution in [0.25, 0.3) is 11.0 Å². The van der Waals surface area contributed by atoms with Crippen molar-refractivity contribution in [1.82, 2.24) is 9.97 Å². The van der Waals surface area contributed by atoms with Gasteiger partial charge in [0.15, 0.2) is 0 Å². The molecule has 7 heteroatoms. The SMILES string of the molecule is C=CCOc1cccc(N(c2nc3ccccc3[nH]2)[C@@H](CCSC)C(=O)O)c1. The second kappa shape index (κ2) is 9.32. The summed E-state index contributed by atoms with van der Waals surface area (Å²) in [5.41, 5.74) is 2.35. The summed E-state index contributed by atoms with van der Waals surface area (Å²) < 4.78 is 5.64. The Morgan fingerprint density at radius 1 is 1.36 bits per heavy atom. The lowest BCUT2D eigenvalue weighted by molar-refractivity contribution is -0.138. The van der Waals surface area contributed by atoms with Crippen LogP contribution in [0.4, 0.5) is 11.6 Å². The fourth-order valence-electron chi connectivity index (χ4n) is 2.97. The number of hydrogen-bond donors (Lipinski definition) is 2. The molecule has 0 spiro atoms. The number of aliphatic carboxylic acids is 1. The van der Waals surface area contributed by atoms with Gasteiger partial charge < -0.3 is 14.8 Å². The molecule has 146 valence electrons. The first-order valence-corrected chi connectivity index (χ1v) is 10.3. The standard InChI is InChI=1S/C21H23N3O3S/c1-3-12-27-16-8-6-7-15(14-16)24(19(20(25)26)11-13-28-2)21-22-17-9-4-5-10-18(17)23-21/h3-10,14,19H,1,11-13H2,2H3,(H,22,23)(H,25,26)/t19-/m0/s1. The summed E-state index contributed by atoms with van der Waals surface area (Å²) in [6.07, 6.45) is 4.11. The Morgan fingerprint density at radius 2 is 2.18 bits per heavy atom. The molecule has 6 nitrogen and oxygen atoms in total. The van der Waals surface area contributed by atoms with Crippen LogP contribution in [0, 0.1) is 0 Å². The number of H-pyrrole nitrogens is 1. The predicted molar refractivity (Wildman–Crippen MR) is 115 cm³/mol. The third-order valence-corrected chi connectivity index (χ3v) is 4.90. The van der Waals surface area contributed by atoms with E-state index in [-0.39, 0.29) is 0 Å². The molecule has 3 aromatic rings. The number of anilines is 2. The molecule has 1 aromatic heterocycles. The summed E-state index contributed by atoms with van der Waals surface area (Å²) in [5, 5.41) is 9.94. The minimum atomic E-state index is -0.896. The molecule has 0 aliphatic carbocycles. The van der Waals surface area contributed by atoms with E-state index >= 15 is 0 Å². The average Bonchev–Trinajstić information content (AvgIpc) is 3.13. The van der Waals surface area contributed by atoms with E-state index in [1.165, 1.54) is 0 Å². The first-order valence-electron chi connectivity index (χ1n) is 8.93. The van der Waals surface area contributed by atoms with Crippen molar-refractivity contribution < 1.29 is 14.6 Å². The third-order valence-electron chi connectivity index (χ3n) is 4.26. The highest BCUT2D eigenvalue weighted by atomic mass is 32.2. The minimum Gasteiger partial charge on any atom is -0.489 e. The van der Waals surface area contributed by atoms with Gasteiger partial charge in [0.05, 0.1) is 11.0 Å². The molecule has 0 amide bonds. The Morgan fingerprint density at radius 3 is 2.89 bits per heavy atom. The molecule has 0 saturated heterocycles. The molecule has 1 heterocycles. The van der Waals surface area contributed by atoms with E-state index in [0.717, 1.165) is 16.8 Å². The topological polar surface area (TPSA) is 78.5 Å². The zero-order chi connectivity index (χ0) is 19.9. The molecule has 1 atom stereocenters. The lowest BCUT2D eigenvalue weighted by Gasteiger charge is -2.29. The minimum absolute atomic E-state index is 0.378. The molecule has 0 aliphatic heterocycles. The summed E-state index contributed by atoms with van der Waals surface area (Å²) in [6, 6.07) is 14.2. The Labute approximate surface area is 168 Å². The molecule has 0 fully saturated rings. The Balaban J connectivity index is 2.07. The van der Waals surface area contributed by atoms with E-state index in [4.69, 9.17) is 4.74 Å². The van der Waals surface area contributed by atoms with Gasteiger partial charge >= 0.3 is 5.97 Å². The predicted octanol–water partition coefficient (Wildman–Crippen LogP) is 4.47. The number of ether oxygens (including phenoxy) is 1. The molecule has 0 bridgehead atoms. The van der Waals surface area contributed by atoms with E-state index in [2.05, 4.69) is 16.5 Å². The highest BCUT2D eigenvalue weighted by Crippen LogP contribution is 2.31. The zero-order valence-corrected chi connectivity index (χ0v) is 16.5. The van der Waals surface area contributed by atoms with Crippen molar-refractivity contribution >= 4 is 40.4 Å². The van der Waals surface area contributed by atoms with Crippen LogP contribution in [0.5, 0.6) is 5.75 Å². The first-order chi connectivity index (χ1) is 13.6. The van der Waals surface area contributed by atoms with E-state index in [0.29, 0.717) is 30.4 Å². The molecule has 0 saturated carbocycles. The number of para-hydroxylation sites is 2. The molecule has 3 rings (SSSR count). The molecule has 0 unspecified atom stereocenters. The van der Waals surface area contributed by atoms with Crippen molar-refractivity contribution in [3.63, 3.8) is 0 Å². The van der Waals surface area contributed by atoms with Crippen LogP contribution in [0.1, 0.15) is 6.42 Å². The average molecular weight is 398 g/mol. The van der Waals surface area contributed by atoms with Crippen molar-refractivity contribution in [3.05, 3.63) is 61.2 Å². The van der Waals surface area contributed by atoms with Crippen molar-refractivity contribution in [2.75, 3.05) is 23.5 Å². The number of imidazole rings is 1. The molecular weight excluding hydrogens is 374 g/mol. The van der Waals surface area contributed by atoms with Gasteiger partial charge in [-0.2, -0.15) is 11.8 Å². The fourth-order valence-corrected chi connectivity index (χ4v) is 3.43. The molecule has 2 N–H and O–H groups in total. The van der Waals surface area contributed by atoms with Gasteiger partial charge in [0, 0.05) is 11.8 Å². The van der Waals surface area contributed by atoms with Crippen LogP contribution in [0.15, 0.2) is 61.2 Å². The second-order valence-electron chi connectivity index (χ2n) is 6.18. The van der Waals surface area contributed by atoms with Gasteiger partial charge in [-0.1, -0.05) is 30.9 Å². The van der Waals surface area contributed by atoms with Gasteiger partial charge in [0.1, 0.15) is 18.4 Å². The van der Waals surface area contributed by atoms with Gasteiger partial charge in [-0.25, -0.2) is 9.78 Å².